The van der Waals surface area contributed by atoms with E-state index in [1.54, 1.807) is 30.3 Å². The van der Waals surface area contributed by atoms with E-state index in [4.69, 9.17) is 14.2 Å². The van der Waals surface area contributed by atoms with Gasteiger partial charge in [-0.15, -0.1) is 0 Å². The van der Waals surface area contributed by atoms with Crippen molar-refractivity contribution in [1.82, 2.24) is 5.32 Å². The summed E-state index contributed by atoms with van der Waals surface area (Å²) in [6.45, 7) is 2.41. The van der Waals surface area contributed by atoms with Crippen LogP contribution < -0.4 is 14.8 Å². The molecule has 162 valence electrons. The Balaban J connectivity index is 1.46. The molecule has 0 bridgehead atoms. The molecule has 1 atom stereocenters. The van der Waals surface area contributed by atoms with Crippen LogP contribution in [0.15, 0.2) is 48.5 Å². The second-order valence-electron chi connectivity index (χ2n) is 6.75. The molecule has 0 aliphatic carbocycles. The number of hydrogen-bond donors (Lipinski definition) is 1. The van der Waals surface area contributed by atoms with Gasteiger partial charge in [-0.1, -0.05) is 18.2 Å². The van der Waals surface area contributed by atoms with Crippen molar-refractivity contribution in [3.8, 4) is 11.5 Å². The van der Waals surface area contributed by atoms with E-state index < -0.39 is 24.5 Å². The average Bonchev–Trinajstić information content (AvgIpc) is 2.80. The van der Waals surface area contributed by atoms with Crippen LogP contribution in [-0.2, 0) is 19.1 Å². The molecule has 1 heterocycles. The van der Waals surface area contributed by atoms with E-state index in [-0.39, 0.29) is 6.04 Å². The van der Waals surface area contributed by atoms with Crippen molar-refractivity contribution in [3.05, 3.63) is 65.2 Å². The number of carbonyl (C=O) groups excluding carboxylic acids is 3. The molecule has 0 saturated heterocycles. The Bertz CT molecular complexity index is 982. The van der Waals surface area contributed by atoms with Crippen LogP contribution in [0.3, 0.4) is 0 Å². The first-order chi connectivity index (χ1) is 15.0. The van der Waals surface area contributed by atoms with Gasteiger partial charge in [-0.2, -0.15) is 0 Å². The number of hydrogen-bond acceptors (Lipinski definition) is 7. The number of rotatable bonds is 7. The van der Waals surface area contributed by atoms with E-state index in [2.05, 4.69) is 10.1 Å². The Labute approximate surface area is 179 Å². The van der Waals surface area contributed by atoms with Crippen LogP contribution in [0, 0.1) is 0 Å². The highest BCUT2D eigenvalue weighted by molar-refractivity contribution is 5.91. The summed E-state index contributed by atoms with van der Waals surface area (Å²) in [7, 11) is 1.30. The number of amides is 1. The Hall–Kier alpha value is -3.81. The van der Waals surface area contributed by atoms with Crippen LogP contribution in [-0.4, -0.2) is 44.8 Å². The van der Waals surface area contributed by atoms with Crippen LogP contribution >= 0.6 is 0 Å². The summed E-state index contributed by atoms with van der Waals surface area (Å²) in [6.07, 6.45) is 2.74. The van der Waals surface area contributed by atoms with Gasteiger partial charge in [0.25, 0.3) is 5.91 Å². The fraction of sp³-hybridized carbons (Fsp3) is 0.261. The van der Waals surface area contributed by atoms with Crippen molar-refractivity contribution >= 4 is 23.9 Å². The average molecular weight is 425 g/mol. The summed E-state index contributed by atoms with van der Waals surface area (Å²) in [5.41, 5.74) is 1.95. The minimum atomic E-state index is -0.654. The summed E-state index contributed by atoms with van der Waals surface area (Å²) < 4.78 is 20.6. The van der Waals surface area contributed by atoms with Gasteiger partial charge in [-0.25, -0.2) is 9.59 Å². The molecule has 0 saturated carbocycles. The van der Waals surface area contributed by atoms with Crippen molar-refractivity contribution in [3.63, 3.8) is 0 Å². The third kappa shape index (κ3) is 6.08. The third-order valence-corrected chi connectivity index (χ3v) is 4.53. The first-order valence-corrected chi connectivity index (χ1v) is 9.68. The fourth-order valence-electron chi connectivity index (χ4n) is 2.89. The maximum Gasteiger partial charge on any atom is 0.337 e. The summed E-state index contributed by atoms with van der Waals surface area (Å²) in [5, 5.41) is 2.77. The number of methoxy groups -OCH3 is 1. The monoisotopic (exact) mass is 425 g/mol. The lowest BCUT2D eigenvalue weighted by Crippen LogP contribution is -2.31. The number of benzene rings is 2. The summed E-state index contributed by atoms with van der Waals surface area (Å²) in [5.74, 6) is -0.201. The maximum atomic E-state index is 12.1. The molecular formula is C23H23NO7. The van der Waals surface area contributed by atoms with Crippen molar-refractivity contribution in [2.24, 2.45) is 0 Å². The molecule has 8 nitrogen and oxygen atoms in total. The van der Waals surface area contributed by atoms with Crippen LogP contribution in [0.25, 0.3) is 6.08 Å². The standard InChI is InChI=1S/C23H23NO7/c1-15(18-8-9-19-20(13-18)30-12-11-29-19)24-21(25)14-31-22(26)10-5-16-3-6-17(7-4-16)23(27)28-2/h3-10,13,15H,11-12,14H2,1-2H3,(H,24,25)/b10-5+. The highest BCUT2D eigenvalue weighted by Crippen LogP contribution is 2.32. The van der Waals surface area contributed by atoms with E-state index in [9.17, 15) is 14.4 Å². The van der Waals surface area contributed by atoms with E-state index in [0.29, 0.717) is 35.8 Å². The Morgan fingerprint density at radius 3 is 2.48 bits per heavy atom. The lowest BCUT2D eigenvalue weighted by molar-refractivity contribution is -0.144. The highest BCUT2D eigenvalue weighted by atomic mass is 16.6. The Morgan fingerprint density at radius 2 is 1.77 bits per heavy atom. The molecule has 0 spiro atoms. The first-order valence-electron chi connectivity index (χ1n) is 9.68. The minimum absolute atomic E-state index is 0.300. The third-order valence-electron chi connectivity index (χ3n) is 4.53. The second-order valence-corrected chi connectivity index (χ2v) is 6.75. The molecule has 0 aromatic heterocycles. The van der Waals surface area contributed by atoms with Crippen molar-refractivity contribution in [2.75, 3.05) is 26.9 Å². The lowest BCUT2D eigenvalue weighted by atomic mass is 10.1. The lowest BCUT2D eigenvalue weighted by Gasteiger charge is -2.21. The number of esters is 2. The molecule has 1 unspecified atom stereocenters. The van der Waals surface area contributed by atoms with Gasteiger partial charge in [-0.05, 0) is 48.4 Å². The molecule has 2 aromatic carbocycles. The van der Waals surface area contributed by atoms with Gasteiger partial charge in [0.2, 0.25) is 0 Å². The predicted molar refractivity (Wildman–Crippen MR) is 112 cm³/mol. The summed E-state index contributed by atoms with van der Waals surface area (Å²) in [6, 6.07) is 11.7. The van der Waals surface area contributed by atoms with E-state index in [1.165, 1.54) is 19.3 Å². The topological polar surface area (TPSA) is 100 Å². The molecule has 31 heavy (non-hydrogen) atoms. The number of fused-ring (bicyclic) bond motifs is 1. The zero-order valence-corrected chi connectivity index (χ0v) is 17.3. The van der Waals surface area contributed by atoms with Crippen LogP contribution in [0.4, 0.5) is 0 Å². The molecule has 1 N–H and O–H groups in total. The highest BCUT2D eigenvalue weighted by Gasteiger charge is 2.16. The van der Waals surface area contributed by atoms with Crippen molar-refractivity contribution in [2.45, 2.75) is 13.0 Å². The van der Waals surface area contributed by atoms with Gasteiger partial charge in [0.1, 0.15) is 13.2 Å². The first kappa shape index (κ1) is 21.9. The maximum absolute atomic E-state index is 12.1. The molecule has 0 radical (unpaired) electrons. The van der Waals surface area contributed by atoms with Gasteiger partial charge in [0.05, 0.1) is 18.7 Å². The number of carbonyl (C=O) groups is 3. The van der Waals surface area contributed by atoms with Crippen molar-refractivity contribution in [1.29, 1.82) is 0 Å². The quantitative estimate of drug-likeness (QED) is 0.538. The molecule has 2 aromatic rings. The zero-order chi connectivity index (χ0) is 22.2. The summed E-state index contributed by atoms with van der Waals surface area (Å²) >= 11 is 0. The fourth-order valence-corrected chi connectivity index (χ4v) is 2.89. The van der Waals surface area contributed by atoms with Crippen LogP contribution in [0.1, 0.15) is 34.5 Å². The molecule has 1 aliphatic rings. The van der Waals surface area contributed by atoms with E-state index >= 15 is 0 Å². The zero-order valence-electron chi connectivity index (χ0n) is 17.3. The number of ether oxygens (including phenoxy) is 4. The second kappa shape index (κ2) is 10.3. The van der Waals surface area contributed by atoms with Crippen molar-refractivity contribution < 1.29 is 33.3 Å². The van der Waals surface area contributed by atoms with Gasteiger partial charge >= 0.3 is 11.9 Å². The molecule has 8 heteroatoms. The largest absolute Gasteiger partial charge is 0.486 e. The Morgan fingerprint density at radius 1 is 1.06 bits per heavy atom. The van der Waals surface area contributed by atoms with Gasteiger partial charge < -0.3 is 24.3 Å². The molecule has 1 amide bonds. The summed E-state index contributed by atoms with van der Waals surface area (Å²) in [4.78, 5) is 35.4. The predicted octanol–water partition coefficient (Wildman–Crippen LogP) is 2.68. The van der Waals surface area contributed by atoms with Gasteiger partial charge in [-0.3, -0.25) is 4.79 Å². The van der Waals surface area contributed by atoms with E-state index in [0.717, 1.165) is 5.56 Å². The normalized spacial score (nSPS) is 13.4. The molecule has 1 aliphatic heterocycles. The van der Waals surface area contributed by atoms with E-state index in [1.807, 2.05) is 19.1 Å². The number of nitrogens with one attached hydrogen (secondary N) is 1. The molecular weight excluding hydrogens is 402 g/mol. The Kier molecular flexibility index (Phi) is 7.26. The van der Waals surface area contributed by atoms with Crippen LogP contribution in [0.2, 0.25) is 0 Å². The smallest absolute Gasteiger partial charge is 0.337 e. The van der Waals surface area contributed by atoms with Crippen LogP contribution in [0.5, 0.6) is 11.5 Å². The van der Waals surface area contributed by atoms with Gasteiger partial charge in [0, 0.05) is 6.08 Å². The SMILES string of the molecule is COC(=O)c1ccc(/C=C/C(=O)OCC(=O)NC(C)c2ccc3c(c2)OCCO3)cc1. The minimum Gasteiger partial charge on any atom is -0.486 e. The molecule has 0 fully saturated rings. The molecule has 3 rings (SSSR count). The van der Waals surface area contributed by atoms with Gasteiger partial charge in [0.15, 0.2) is 18.1 Å².